The van der Waals surface area contributed by atoms with E-state index >= 15 is 0 Å². The first-order valence-corrected chi connectivity index (χ1v) is 18.6. The van der Waals surface area contributed by atoms with Crippen LogP contribution in [-0.2, 0) is 21.8 Å². The lowest BCUT2D eigenvalue weighted by Crippen LogP contribution is -2.29. The number of ketones is 1. The second-order valence-electron chi connectivity index (χ2n) is 11.7. The fourth-order valence-electron chi connectivity index (χ4n) is 5.82. The van der Waals surface area contributed by atoms with Gasteiger partial charge >= 0.3 is 5.91 Å². The zero-order chi connectivity index (χ0) is 34.7. The number of thioether (sulfide) groups is 1. The molecule has 13 heteroatoms. The molecule has 6 rings (SSSR count). The van der Waals surface area contributed by atoms with Gasteiger partial charge in [-0.15, -0.1) is 10.2 Å². The van der Waals surface area contributed by atoms with E-state index in [-0.39, 0.29) is 22.6 Å². The van der Waals surface area contributed by atoms with Gasteiger partial charge < -0.3 is 19.3 Å². The average molecular weight is 741 g/mol. The first-order valence-electron chi connectivity index (χ1n) is 16.1. The lowest BCUT2D eigenvalue weighted by atomic mass is 9.94. The number of Topliss-reactive ketones (excluding diaryl/α,β-unsaturated/α-hetero) is 1. The molecule has 256 valence electrons. The Balaban J connectivity index is 1.40. The molecular weight excluding hydrogens is 705 g/mol. The number of amides is 1. The maximum absolute atomic E-state index is 13.9. The molecule has 2 aliphatic rings. The third kappa shape index (κ3) is 7.55. The number of halogens is 2. The van der Waals surface area contributed by atoms with E-state index in [9.17, 15) is 14.7 Å². The van der Waals surface area contributed by atoms with E-state index < -0.39 is 17.7 Å². The third-order valence-corrected chi connectivity index (χ3v) is 10.9. The number of ether oxygens (including phenoxy) is 3. The molecule has 0 aliphatic carbocycles. The van der Waals surface area contributed by atoms with Gasteiger partial charge in [-0.3, -0.25) is 14.5 Å². The number of aliphatic hydroxyl groups is 1. The summed E-state index contributed by atoms with van der Waals surface area (Å²) in [6.07, 6.45) is 3.67. The van der Waals surface area contributed by atoms with Crippen LogP contribution in [0.15, 0.2) is 64.5 Å². The molecule has 3 heterocycles. The number of fused-ring (bicyclic) bond motifs is 1. The molecule has 2 atom stereocenters. The highest BCUT2D eigenvalue weighted by atomic mass is 35.5. The maximum atomic E-state index is 13.9. The second kappa shape index (κ2) is 15.4. The fourth-order valence-corrected chi connectivity index (χ4v) is 8.25. The number of aromatic nitrogens is 2. The van der Waals surface area contributed by atoms with E-state index in [1.54, 1.807) is 48.5 Å². The molecule has 4 aromatic rings. The van der Waals surface area contributed by atoms with Crippen LogP contribution in [0.3, 0.4) is 0 Å². The molecule has 1 N–H and O–H groups in total. The summed E-state index contributed by atoms with van der Waals surface area (Å²) in [5, 5.41) is 21.7. The van der Waals surface area contributed by atoms with Gasteiger partial charge in [0.05, 0.1) is 24.8 Å². The van der Waals surface area contributed by atoms with Crippen LogP contribution in [0.25, 0.3) is 5.76 Å². The van der Waals surface area contributed by atoms with Gasteiger partial charge in [-0.2, -0.15) is 0 Å². The van der Waals surface area contributed by atoms with Crippen LogP contribution in [0.1, 0.15) is 68.3 Å². The zero-order valence-corrected chi connectivity index (χ0v) is 30.3. The molecule has 1 fully saturated rings. The van der Waals surface area contributed by atoms with Crippen molar-refractivity contribution in [2.45, 2.75) is 68.7 Å². The molecule has 1 amide bonds. The van der Waals surface area contributed by atoms with Crippen LogP contribution < -0.4 is 19.1 Å². The van der Waals surface area contributed by atoms with E-state index in [2.05, 4.69) is 17.1 Å². The molecule has 1 aromatic heterocycles. The van der Waals surface area contributed by atoms with Crippen molar-refractivity contribution in [3.05, 3.63) is 92.5 Å². The minimum atomic E-state index is -1.02. The molecule has 0 bridgehead atoms. The molecule has 0 saturated carbocycles. The molecule has 1 saturated heterocycles. The van der Waals surface area contributed by atoms with Gasteiger partial charge in [0.2, 0.25) is 5.13 Å². The first kappa shape index (κ1) is 35.1. The van der Waals surface area contributed by atoms with Crippen LogP contribution in [0.5, 0.6) is 17.2 Å². The summed E-state index contributed by atoms with van der Waals surface area (Å²) in [5.41, 5.74) is 2.67. The Labute approximate surface area is 303 Å². The number of unbranched alkanes of at least 4 members (excludes halogenated alkanes) is 2. The average Bonchev–Trinajstić information content (AvgIpc) is 3.77. The van der Waals surface area contributed by atoms with E-state index in [4.69, 9.17) is 37.4 Å². The predicted octanol–water partition coefficient (Wildman–Crippen LogP) is 9.05. The Hall–Kier alpha value is -3.77. The van der Waals surface area contributed by atoms with Gasteiger partial charge in [-0.05, 0) is 79.4 Å². The lowest BCUT2D eigenvalue weighted by Gasteiger charge is -2.23. The highest BCUT2D eigenvalue weighted by Gasteiger charge is 2.48. The quantitative estimate of drug-likeness (QED) is 0.0359. The lowest BCUT2D eigenvalue weighted by molar-refractivity contribution is -0.132. The molecule has 9 nitrogen and oxygen atoms in total. The van der Waals surface area contributed by atoms with E-state index in [1.807, 2.05) is 19.9 Å². The number of rotatable bonds is 13. The minimum absolute atomic E-state index is 0.00199. The van der Waals surface area contributed by atoms with Crippen LogP contribution in [0, 0.1) is 0 Å². The highest BCUT2D eigenvalue weighted by molar-refractivity contribution is 8.00. The van der Waals surface area contributed by atoms with Gasteiger partial charge in [0.15, 0.2) is 15.8 Å². The summed E-state index contributed by atoms with van der Waals surface area (Å²) in [4.78, 5) is 29.0. The zero-order valence-electron chi connectivity index (χ0n) is 27.2. The van der Waals surface area contributed by atoms with Crippen molar-refractivity contribution in [1.29, 1.82) is 0 Å². The van der Waals surface area contributed by atoms with Gasteiger partial charge in [-0.1, -0.05) is 78.2 Å². The Morgan fingerprint density at radius 3 is 2.65 bits per heavy atom. The summed E-state index contributed by atoms with van der Waals surface area (Å²) in [6, 6.07) is 14.9. The number of carbonyl (C=O) groups is 2. The second-order valence-corrected chi connectivity index (χ2v) is 14.7. The minimum Gasteiger partial charge on any atom is -0.507 e. The standard InChI is InChI=1S/C36H35Cl2N3O6S2/c1-4-6-7-14-46-28-13-9-21(17-29(28)45-5-2)31-30(32(42)22-10-12-27-24(16-22)15-20(3)47-27)33(43)34(44)41(31)35-39-40-36(49-35)48-19-23-8-11-25(37)18-26(23)38/h8-13,16-18,20,31,42H,4-7,14-15,19H2,1-3H3/b32-30+/t20-,31-/m0/s1. The summed E-state index contributed by atoms with van der Waals surface area (Å²) < 4.78 is 18.4. The van der Waals surface area contributed by atoms with Crippen LogP contribution in [0.4, 0.5) is 5.13 Å². The molecule has 0 unspecified atom stereocenters. The Bertz CT molecular complexity index is 1920. The van der Waals surface area contributed by atoms with Crippen molar-refractivity contribution >= 4 is 68.9 Å². The number of benzene rings is 3. The van der Waals surface area contributed by atoms with Crippen molar-refractivity contribution in [2.75, 3.05) is 18.1 Å². The van der Waals surface area contributed by atoms with E-state index in [1.165, 1.54) is 28.0 Å². The number of hydrogen-bond acceptors (Lipinski definition) is 10. The van der Waals surface area contributed by atoms with Crippen LogP contribution >= 0.6 is 46.3 Å². The number of carbonyl (C=O) groups excluding carboxylic acids is 2. The topological polar surface area (TPSA) is 111 Å². The Morgan fingerprint density at radius 2 is 1.88 bits per heavy atom. The molecular formula is C36H35Cl2N3O6S2. The van der Waals surface area contributed by atoms with Gasteiger partial charge in [-0.25, -0.2) is 0 Å². The summed E-state index contributed by atoms with van der Waals surface area (Å²) in [7, 11) is 0. The number of aliphatic hydroxyl groups excluding tert-OH is 1. The third-order valence-electron chi connectivity index (χ3n) is 8.17. The molecule has 0 radical (unpaired) electrons. The van der Waals surface area contributed by atoms with Gasteiger partial charge in [0.25, 0.3) is 5.78 Å². The van der Waals surface area contributed by atoms with Gasteiger partial charge in [0.1, 0.15) is 17.6 Å². The predicted molar refractivity (Wildman–Crippen MR) is 194 cm³/mol. The summed E-state index contributed by atoms with van der Waals surface area (Å²) in [6.45, 7) is 6.87. The van der Waals surface area contributed by atoms with E-state index in [0.717, 1.165) is 36.1 Å². The fraction of sp³-hybridized carbons (Fsp3) is 0.333. The smallest absolute Gasteiger partial charge is 0.301 e. The SMILES string of the molecule is CCCCCOc1ccc([C@H]2/C(=C(\O)c3ccc4c(c3)C[C@H](C)O4)C(=O)C(=O)N2c2nnc(SCc3ccc(Cl)cc3Cl)s2)cc1OCC. The largest absolute Gasteiger partial charge is 0.507 e. The van der Waals surface area contributed by atoms with Crippen LogP contribution in [-0.4, -0.2) is 46.3 Å². The van der Waals surface area contributed by atoms with Crippen molar-refractivity contribution in [1.82, 2.24) is 10.2 Å². The number of anilines is 1. The molecule has 2 aliphatic heterocycles. The Kier molecular flexibility index (Phi) is 11.0. The normalized spacial score (nSPS) is 18.1. The van der Waals surface area contributed by atoms with Crippen molar-refractivity contribution < 1.29 is 28.9 Å². The number of nitrogens with zero attached hydrogens (tertiary/aromatic N) is 3. The molecule has 3 aromatic carbocycles. The maximum Gasteiger partial charge on any atom is 0.301 e. The van der Waals surface area contributed by atoms with Crippen molar-refractivity contribution in [2.24, 2.45) is 0 Å². The van der Waals surface area contributed by atoms with Gasteiger partial charge in [0, 0.05) is 27.8 Å². The van der Waals surface area contributed by atoms with Crippen molar-refractivity contribution in [3.8, 4) is 17.2 Å². The highest BCUT2D eigenvalue weighted by Crippen LogP contribution is 2.46. The monoisotopic (exact) mass is 739 g/mol. The van der Waals surface area contributed by atoms with Crippen molar-refractivity contribution in [3.63, 3.8) is 0 Å². The summed E-state index contributed by atoms with van der Waals surface area (Å²) >= 11 is 15.0. The Morgan fingerprint density at radius 1 is 1.04 bits per heavy atom. The number of hydrogen-bond donors (Lipinski definition) is 1. The summed E-state index contributed by atoms with van der Waals surface area (Å²) in [5.74, 6) is 0.309. The molecule has 49 heavy (non-hydrogen) atoms. The molecule has 0 spiro atoms. The first-order chi connectivity index (χ1) is 23.7. The van der Waals surface area contributed by atoms with E-state index in [0.29, 0.717) is 62.4 Å². The van der Waals surface area contributed by atoms with Crippen LogP contribution in [0.2, 0.25) is 10.0 Å².